The third kappa shape index (κ3) is 5.34. The van der Waals surface area contributed by atoms with Gasteiger partial charge in [0.25, 0.3) is 0 Å². The quantitative estimate of drug-likeness (QED) is 0.189. The van der Waals surface area contributed by atoms with Crippen LogP contribution >= 0.6 is 0 Å². The molecule has 0 amide bonds. The van der Waals surface area contributed by atoms with Crippen LogP contribution in [0.1, 0.15) is 17.3 Å². The Balaban J connectivity index is 1.07. The number of allylic oxidation sites excluding steroid dienone is 1. The summed E-state index contributed by atoms with van der Waals surface area (Å²) >= 11 is 0. The van der Waals surface area contributed by atoms with Crippen LogP contribution in [0.15, 0.2) is 211 Å². The van der Waals surface area contributed by atoms with Gasteiger partial charge < -0.3 is 9.88 Å². The zero-order chi connectivity index (χ0) is 37.0. The number of fused-ring (bicyclic) bond motifs is 6. The first-order valence-electron chi connectivity index (χ1n) is 19.2. The summed E-state index contributed by atoms with van der Waals surface area (Å²) in [5.41, 5.74) is 13.8. The first-order valence-corrected chi connectivity index (χ1v) is 19.2. The molecule has 1 aliphatic heterocycles. The molecule has 0 radical (unpaired) electrons. The van der Waals surface area contributed by atoms with Crippen molar-refractivity contribution in [3.8, 4) is 27.9 Å². The van der Waals surface area contributed by atoms with Crippen LogP contribution in [0.25, 0.3) is 77.2 Å². The maximum atomic E-state index is 5.41. The molecule has 56 heavy (non-hydrogen) atoms. The van der Waals surface area contributed by atoms with E-state index in [4.69, 9.17) is 4.99 Å². The first kappa shape index (κ1) is 32.0. The van der Waals surface area contributed by atoms with Crippen LogP contribution in [-0.2, 0) is 0 Å². The van der Waals surface area contributed by atoms with Gasteiger partial charge in [0.2, 0.25) is 0 Å². The van der Waals surface area contributed by atoms with E-state index in [0.717, 1.165) is 39.4 Å². The van der Waals surface area contributed by atoms with Crippen molar-refractivity contribution in [1.82, 2.24) is 14.5 Å². The molecule has 1 N–H and O–H groups in total. The summed E-state index contributed by atoms with van der Waals surface area (Å²) in [6.07, 6.45) is 1.95. The van der Waals surface area contributed by atoms with Gasteiger partial charge in [-0.3, -0.25) is 4.57 Å². The highest BCUT2D eigenvalue weighted by atomic mass is 15.2. The van der Waals surface area contributed by atoms with E-state index in [1.54, 1.807) is 0 Å². The lowest BCUT2D eigenvalue weighted by Gasteiger charge is -2.26. The third-order valence-corrected chi connectivity index (χ3v) is 11.1. The molecule has 0 aliphatic carbocycles. The fourth-order valence-corrected chi connectivity index (χ4v) is 8.51. The van der Waals surface area contributed by atoms with Gasteiger partial charge in [-0.15, -0.1) is 0 Å². The van der Waals surface area contributed by atoms with Crippen LogP contribution in [0, 0.1) is 0 Å². The zero-order valence-electron chi connectivity index (χ0n) is 30.5. The van der Waals surface area contributed by atoms with Crippen LogP contribution in [0.2, 0.25) is 0 Å². The van der Waals surface area contributed by atoms with Crippen molar-refractivity contribution >= 4 is 55.1 Å². The Labute approximate surface area is 324 Å². The van der Waals surface area contributed by atoms with Crippen molar-refractivity contribution in [2.45, 2.75) is 6.17 Å². The molecule has 1 unspecified atom stereocenters. The van der Waals surface area contributed by atoms with Gasteiger partial charge in [-0.2, -0.15) is 0 Å². The number of rotatable bonds is 5. The van der Waals surface area contributed by atoms with E-state index < -0.39 is 0 Å². The van der Waals surface area contributed by atoms with Gasteiger partial charge in [0.15, 0.2) is 0 Å². The highest BCUT2D eigenvalue weighted by Gasteiger charge is 2.23. The number of hydrogen-bond acceptors (Lipinski definition) is 2. The molecule has 4 heteroatoms. The van der Waals surface area contributed by atoms with Crippen LogP contribution in [0.3, 0.4) is 0 Å². The van der Waals surface area contributed by atoms with Crippen molar-refractivity contribution in [3.63, 3.8) is 0 Å². The Morgan fingerprint density at radius 1 is 0.375 bits per heavy atom. The summed E-state index contributed by atoms with van der Waals surface area (Å²) < 4.78 is 4.70. The second-order valence-electron chi connectivity index (χ2n) is 14.5. The number of benzene rings is 8. The Bertz CT molecular complexity index is 3150. The molecule has 10 aromatic rings. The predicted molar refractivity (Wildman–Crippen MR) is 234 cm³/mol. The minimum absolute atomic E-state index is 0.258. The summed E-state index contributed by atoms with van der Waals surface area (Å²) in [6, 6.07) is 71.7. The Kier molecular flexibility index (Phi) is 7.52. The molecule has 4 nitrogen and oxygen atoms in total. The number of nitrogens with zero attached hydrogens (tertiary/aromatic N) is 3. The highest BCUT2D eigenvalue weighted by molar-refractivity contribution is 6.18. The van der Waals surface area contributed by atoms with Crippen molar-refractivity contribution < 1.29 is 0 Å². The van der Waals surface area contributed by atoms with Crippen molar-refractivity contribution in [2.75, 3.05) is 0 Å². The molecule has 11 rings (SSSR count). The minimum atomic E-state index is -0.258. The van der Waals surface area contributed by atoms with Gasteiger partial charge in [-0.1, -0.05) is 146 Å². The maximum Gasteiger partial charge on any atom is 0.147 e. The average Bonchev–Trinajstić information content (AvgIpc) is 3.79. The number of aromatic nitrogens is 2. The molecule has 0 bridgehead atoms. The fourth-order valence-electron chi connectivity index (χ4n) is 8.51. The van der Waals surface area contributed by atoms with E-state index in [2.05, 4.69) is 221 Å². The van der Waals surface area contributed by atoms with Crippen LogP contribution in [0.5, 0.6) is 0 Å². The molecule has 0 spiro atoms. The van der Waals surface area contributed by atoms with Crippen molar-refractivity contribution in [2.24, 2.45) is 4.99 Å². The molecular weight excluding hydrogens is 681 g/mol. The van der Waals surface area contributed by atoms with E-state index in [1.807, 2.05) is 0 Å². The Morgan fingerprint density at radius 2 is 0.875 bits per heavy atom. The normalized spacial score (nSPS) is 14.2. The molecule has 264 valence electrons. The molecule has 0 saturated carbocycles. The molecule has 0 fully saturated rings. The van der Waals surface area contributed by atoms with Crippen molar-refractivity contribution in [3.05, 3.63) is 217 Å². The summed E-state index contributed by atoms with van der Waals surface area (Å²) in [7, 11) is 0. The highest BCUT2D eigenvalue weighted by Crippen LogP contribution is 2.38. The third-order valence-electron chi connectivity index (χ3n) is 11.1. The van der Waals surface area contributed by atoms with E-state index in [9.17, 15) is 0 Å². The van der Waals surface area contributed by atoms with Gasteiger partial charge in [0.1, 0.15) is 12.0 Å². The summed E-state index contributed by atoms with van der Waals surface area (Å²) in [5, 5.41) is 8.67. The van der Waals surface area contributed by atoms with Crippen LogP contribution in [0.4, 0.5) is 0 Å². The number of aliphatic imine (C=N–C) groups is 1. The van der Waals surface area contributed by atoms with E-state index in [0.29, 0.717) is 0 Å². The molecule has 8 aromatic carbocycles. The minimum Gasteiger partial charge on any atom is -0.359 e. The average molecular weight is 717 g/mol. The lowest BCUT2D eigenvalue weighted by Crippen LogP contribution is -2.27. The second kappa shape index (κ2) is 13.2. The van der Waals surface area contributed by atoms with Gasteiger partial charge in [0.05, 0.1) is 22.1 Å². The molecule has 1 aliphatic rings. The first-order chi connectivity index (χ1) is 27.8. The molecular formula is C52H36N4. The topological polar surface area (TPSA) is 34.2 Å². The summed E-state index contributed by atoms with van der Waals surface area (Å²) in [6.45, 7) is 0. The van der Waals surface area contributed by atoms with E-state index in [1.165, 1.54) is 54.8 Å². The predicted octanol–water partition coefficient (Wildman–Crippen LogP) is 12.8. The van der Waals surface area contributed by atoms with Gasteiger partial charge >= 0.3 is 0 Å². The second-order valence-corrected chi connectivity index (χ2v) is 14.5. The molecule has 3 heterocycles. The maximum absolute atomic E-state index is 5.41. The fraction of sp³-hybridized carbons (Fsp3) is 0.0192. The molecule has 1 atom stereocenters. The summed E-state index contributed by atoms with van der Waals surface area (Å²) in [5.74, 6) is 0.895. The SMILES string of the molecule is C1=C(c2cccc(-c3ccccc3)c2)NC(c2ccccc2)N=C1n1c2ccccc2c2cc(-c3ccc4c(c3)c3ccccc3n4-c3ccccc3)ccc21. The molecule has 2 aromatic heterocycles. The van der Waals surface area contributed by atoms with Gasteiger partial charge in [-0.05, 0) is 88.0 Å². The number of hydrogen-bond donors (Lipinski definition) is 1. The van der Waals surface area contributed by atoms with E-state index >= 15 is 0 Å². The summed E-state index contributed by atoms with van der Waals surface area (Å²) in [4.78, 5) is 5.41. The number of nitrogens with one attached hydrogen (secondary N) is 1. The Morgan fingerprint density at radius 3 is 1.55 bits per heavy atom. The smallest absolute Gasteiger partial charge is 0.147 e. The standard InChI is InChI=1S/C52H36N4/c1-4-15-35(16-5-1)37-19-14-20-40(31-37)46-34-51(54-52(53-46)36-17-6-2-7-18-36)56-48-26-13-11-24-43(48)45-33-39(28-30-50(45)56)38-27-29-49-44(32-38)42-23-10-12-25-47(42)55(49)41-21-8-3-9-22-41/h1-34,52-53H. The number of para-hydroxylation sites is 3. The lowest BCUT2D eigenvalue weighted by atomic mass is 10.0. The van der Waals surface area contributed by atoms with Gasteiger partial charge in [-0.25, -0.2) is 4.99 Å². The monoisotopic (exact) mass is 716 g/mol. The van der Waals surface area contributed by atoms with E-state index in [-0.39, 0.29) is 6.17 Å². The zero-order valence-corrected chi connectivity index (χ0v) is 30.5. The molecule has 0 saturated heterocycles. The largest absolute Gasteiger partial charge is 0.359 e. The lowest BCUT2D eigenvalue weighted by molar-refractivity contribution is 0.660. The van der Waals surface area contributed by atoms with Crippen LogP contribution < -0.4 is 5.32 Å². The van der Waals surface area contributed by atoms with Crippen LogP contribution in [-0.4, -0.2) is 15.0 Å². The van der Waals surface area contributed by atoms with Gasteiger partial charge in [0, 0.05) is 39.0 Å². The Hall–Kier alpha value is -7.43. The van der Waals surface area contributed by atoms with Crippen molar-refractivity contribution in [1.29, 1.82) is 0 Å².